The van der Waals surface area contributed by atoms with Gasteiger partial charge in [-0.05, 0) is 47.3 Å². The molecule has 1 aliphatic heterocycles. The number of carbonyl (C=O) groups excluding carboxylic acids is 2. The number of fused-ring (bicyclic) bond motifs is 1. The summed E-state index contributed by atoms with van der Waals surface area (Å²) < 4.78 is 11.8. The van der Waals surface area contributed by atoms with Crippen molar-refractivity contribution in [2.24, 2.45) is 0 Å². The van der Waals surface area contributed by atoms with Gasteiger partial charge in [-0.1, -0.05) is 42.2 Å². The Hall–Kier alpha value is -3.95. The van der Waals surface area contributed by atoms with Crippen molar-refractivity contribution in [3.8, 4) is 11.5 Å². The highest BCUT2D eigenvalue weighted by atomic mass is 32.1. The molecule has 1 atom stereocenters. The fourth-order valence-electron chi connectivity index (χ4n) is 3.94. The van der Waals surface area contributed by atoms with Crippen molar-refractivity contribution < 1.29 is 24.2 Å². The van der Waals surface area contributed by atoms with Crippen LogP contribution < -0.4 is 14.4 Å². The lowest BCUT2D eigenvalue weighted by atomic mass is 9.95. The van der Waals surface area contributed by atoms with Gasteiger partial charge >= 0.3 is 0 Å². The van der Waals surface area contributed by atoms with Gasteiger partial charge in [0.25, 0.3) is 5.91 Å². The normalized spacial score (nSPS) is 15.6. The average Bonchev–Trinajstić information content (AvgIpc) is 3.61. The monoisotopic (exact) mass is 504 g/mol. The van der Waals surface area contributed by atoms with E-state index >= 15 is 0 Å². The maximum absolute atomic E-state index is 13.5. The number of aliphatic hydroxyl groups is 1. The molecule has 9 heteroatoms. The molecule has 0 fully saturated rings. The summed E-state index contributed by atoms with van der Waals surface area (Å²) in [4.78, 5) is 33.3. The van der Waals surface area contributed by atoms with Crippen LogP contribution in [-0.4, -0.2) is 35.5 Å². The van der Waals surface area contributed by atoms with E-state index in [1.807, 2.05) is 6.07 Å². The van der Waals surface area contributed by atoms with Crippen molar-refractivity contribution in [1.82, 2.24) is 4.98 Å². The zero-order chi connectivity index (χ0) is 24.5. The number of aromatic nitrogens is 1. The van der Waals surface area contributed by atoms with Gasteiger partial charge < -0.3 is 14.6 Å². The molecule has 1 unspecified atom stereocenters. The fraction of sp³-hybridized carbons (Fsp3) is 0.115. The van der Waals surface area contributed by atoms with Gasteiger partial charge in [0.05, 0.1) is 33.8 Å². The summed E-state index contributed by atoms with van der Waals surface area (Å²) in [6, 6.07) is 15.1. The molecule has 3 heterocycles. The van der Waals surface area contributed by atoms with Crippen LogP contribution in [0.5, 0.6) is 11.5 Å². The number of amides is 1. The highest BCUT2D eigenvalue weighted by molar-refractivity contribution is 7.22. The molecular formula is C26H20N2O5S2. The van der Waals surface area contributed by atoms with Gasteiger partial charge in [-0.3, -0.25) is 14.5 Å². The Morgan fingerprint density at radius 3 is 2.80 bits per heavy atom. The number of hydrogen-bond donors (Lipinski definition) is 1. The Balaban J connectivity index is 1.65. The zero-order valence-electron chi connectivity index (χ0n) is 18.6. The van der Waals surface area contributed by atoms with Gasteiger partial charge in [0, 0.05) is 0 Å². The summed E-state index contributed by atoms with van der Waals surface area (Å²) in [6.45, 7) is 3.97. The van der Waals surface area contributed by atoms with Crippen molar-refractivity contribution in [3.63, 3.8) is 0 Å². The second-order valence-electron chi connectivity index (χ2n) is 7.65. The van der Waals surface area contributed by atoms with E-state index in [4.69, 9.17) is 9.47 Å². The predicted molar refractivity (Wildman–Crippen MR) is 137 cm³/mol. The van der Waals surface area contributed by atoms with Gasteiger partial charge in [0.1, 0.15) is 18.1 Å². The van der Waals surface area contributed by atoms with Crippen molar-refractivity contribution in [2.45, 2.75) is 6.04 Å². The average molecular weight is 505 g/mol. The van der Waals surface area contributed by atoms with Crippen molar-refractivity contribution >= 4 is 49.7 Å². The van der Waals surface area contributed by atoms with Crippen LogP contribution in [0.3, 0.4) is 0 Å². The first-order valence-corrected chi connectivity index (χ1v) is 12.3. The second-order valence-corrected chi connectivity index (χ2v) is 9.61. The van der Waals surface area contributed by atoms with Gasteiger partial charge in [0.2, 0.25) is 5.78 Å². The van der Waals surface area contributed by atoms with Crippen LogP contribution in [0.25, 0.3) is 10.2 Å². The molecule has 0 saturated carbocycles. The third-order valence-corrected chi connectivity index (χ3v) is 7.42. The Kier molecular flexibility index (Phi) is 6.10. The number of anilines is 1. The van der Waals surface area contributed by atoms with Crippen LogP contribution in [0, 0.1) is 0 Å². The quantitative estimate of drug-likeness (QED) is 0.244. The number of thiazole rings is 1. The minimum atomic E-state index is -0.883. The third-order valence-electron chi connectivity index (χ3n) is 5.53. The standard InChI is InChI=1S/C26H20N2O5S2/c1-3-11-33-17-7-4-6-15(13-17)22-21(23(29)19-8-5-12-34-19)24(30)25(31)28(22)26-27-18-10-9-16(32-2)14-20(18)35-26/h3-10,12-14,22,30H,1,11H2,2H3. The van der Waals surface area contributed by atoms with Gasteiger partial charge in [-0.2, -0.15) is 0 Å². The number of methoxy groups -OCH3 is 1. The largest absolute Gasteiger partial charge is 0.503 e. The summed E-state index contributed by atoms with van der Waals surface area (Å²) in [5.41, 5.74) is 1.30. The molecule has 0 saturated heterocycles. The number of Topliss-reactive ketones (excluding diaryl/α,β-unsaturated/α-hetero) is 1. The number of ketones is 1. The van der Waals surface area contributed by atoms with E-state index in [1.165, 1.54) is 27.6 Å². The molecule has 2 aromatic carbocycles. The molecule has 5 rings (SSSR count). The van der Waals surface area contributed by atoms with E-state index in [-0.39, 0.29) is 5.57 Å². The highest BCUT2D eigenvalue weighted by Gasteiger charge is 2.46. The number of benzene rings is 2. The van der Waals surface area contributed by atoms with E-state index in [2.05, 4.69) is 11.6 Å². The molecule has 1 N–H and O–H groups in total. The zero-order valence-corrected chi connectivity index (χ0v) is 20.3. The predicted octanol–water partition coefficient (Wildman–Crippen LogP) is 5.71. The minimum absolute atomic E-state index is 0.00940. The second kappa shape index (κ2) is 9.36. The Bertz CT molecular complexity index is 1470. The van der Waals surface area contributed by atoms with Crippen LogP contribution in [0.4, 0.5) is 5.13 Å². The molecule has 1 aliphatic rings. The minimum Gasteiger partial charge on any atom is -0.503 e. The lowest BCUT2D eigenvalue weighted by molar-refractivity contribution is -0.117. The Morgan fingerprint density at radius 1 is 1.20 bits per heavy atom. The topological polar surface area (TPSA) is 89.0 Å². The number of nitrogens with zero attached hydrogens (tertiary/aromatic N) is 2. The molecule has 7 nitrogen and oxygen atoms in total. The summed E-state index contributed by atoms with van der Waals surface area (Å²) in [7, 11) is 1.58. The third kappa shape index (κ3) is 4.09. The number of rotatable bonds is 8. The van der Waals surface area contributed by atoms with E-state index in [0.29, 0.717) is 39.2 Å². The number of carbonyl (C=O) groups is 2. The lowest BCUT2D eigenvalue weighted by Gasteiger charge is -2.24. The van der Waals surface area contributed by atoms with Gasteiger partial charge in [0.15, 0.2) is 10.9 Å². The first kappa shape index (κ1) is 22.8. The van der Waals surface area contributed by atoms with E-state index in [9.17, 15) is 14.7 Å². The van der Waals surface area contributed by atoms with Crippen molar-refractivity contribution in [3.05, 3.63) is 94.4 Å². The molecule has 0 radical (unpaired) electrons. The first-order chi connectivity index (χ1) is 17.0. The smallest absolute Gasteiger partial charge is 0.296 e. The maximum atomic E-state index is 13.5. The Labute approximate surface area is 209 Å². The van der Waals surface area contributed by atoms with Crippen LogP contribution in [0.15, 0.2) is 84.0 Å². The molecule has 1 amide bonds. The first-order valence-electron chi connectivity index (χ1n) is 10.6. The van der Waals surface area contributed by atoms with Crippen LogP contribution in [0.2, 0.25) is 0 Å². The lowest BCUT2D eigenvalue weighted by Crippen LogP contribution is -2.30. The molecule has 0 bridgehead atoms. The van der Waals surface area contributed by atoms with E-state index < -0.39 is 23.5 Å². The maximum Gasteiger partial charge on any atom is 0.296 e. The Morgan fingerprint density at radius 2 is 2.06 bits per heavy atom. The number of thiophene rings is 1. The summed E-state index contributed by atoms with van der Waals surface area (Å²) in [5, 5.41) is 13.1. The molecule has 4 aromatic rings. The van der Waals surface area contributed by atoms with Crippen LogP contribution >= 0.6 is 22.7 Å². The summed E-state index contributed by atoms with van der Waals surface area (Å²) in [6.07, 6.45) is 1.63. The molecule has 176 valence electrons. The molecular weight excluding hydrogens is 484 g/mol. The number of ether oxygens (including phenoxy) is 2. The van der Waals surface area contributed by atoms with Crippen molar-refractivity contribution in [1.29, 1.82) is 0 Å². The highest BCUT2D eigenvalue weighted by Crippen LogP contribution is 2.45. The molecule has 2 aromatic heterocycles. The van der Waals surface area contributed by atoms with Crippen LogP contribution in [0.1, 0.15) is 21.3 Å². The molecule has 0 aliphatic carbocycles. The SMILES string of the molecule is C=CCOc1cccc(C2C(C(=O)c3cccs3)=C(O)C(=O)N2c2nc3ccc(OC)cc3s2)c1. The summed E-state index contributed by atoms with van der Waals surface area (Å²) >= 11 is 2.53. The summed E-state index contributed by atoms with van der Waals surface area (Å²) in [5.74, 6) is -0.448. The van der Waals surface area contributed by atoms with E-state index in [0.717, 1.165) is 4.70 Å². The number of hydrogen-bond acceptors (Lipinski definition) is 8. The van der Waals surface area contributed by atoms with E-state index in [1.54, 1.807) is 67.1 Å². The molecule has 0 spiro atoms. The van der Waals surface area contributed by atoms with Crippen molar-refractivity contribution in [2.75, 3.05) is 18.6 Å². The fourth-order valence-corrected chi connectivity index (χ4v) is 5.64. The van der Waals surface area contributed by atoms with Gasteiger partial charge in [-0.15, -0.1) is 11.3 Å². The van der Waals surface area contributed by atoms with Gasteiger partial charge in [-0.25, -0.2) is 4.98 Å². The molecule has 35 heavy (non-hydrogen) atoms. The number of aliphatic hydroxyl groups excluding tert-OH is 1. The van der Waals surface area contributed by atoms with Crippen LogP contribution in [-0.2, 0) is 4.79 Å².